The lowest BCUT2D eigenvalue weighted by atomic mass is 10.1. The number of aromatic carboxylic acids is 2. The number of rotatable bonds is 3. The standard InChI is InChI=1S/C8H6O7S.H3O4P/c9-7(10)4-1-5(8(11)12)3-6(2-4)16(13,14)15;1-5(2,3)4/h1-3H,(H,9,10)(H,11,12)(H,13,14,15);(H3,1,2,3,4). The molecule has 0 aliphatic carbocycles. The molecule has 0 saturated carbocycles. The van der Waals surface area contributed by atoms with Gasteiger partial charge in [0.2, 0.25) is 0 Å². The summed E-state index contributed by atoms with van der Waals surface area (Å²) in [7, 11) is -9.28. The van der Waals surface area contributed by atoms with Gasteiger partial charge in [0, 0.05) is 0 Å². The summed E-state index contributed by atoms with van der Waals surface area (Å²) < 4.78 is 39.1. The van der Waals surface area contributed by atoms with Crippen molar-refractivity contribution < 1.29 is 52.0 Å². The summed E-state index contributed by atoms with van der Waals surface area (Å²) in [5, 5.41) is 17.2. The van der Waals surface area contributed by atoms with Gasteiger partial charge < -0.3 is 24.9 Å². The molecular formula is C8H9O11PS. The molecule has 0 amide bonds. The first-order chi connectivity index (χ1) is 9.21. The Balaban J connectivity index is 0.000000690. The van der Waals surface area contributed by atoms with Gasteiger partial charge in [0.15, 0.2) is 0 Å². The Hall–Kier alpha value is -1.82. The van der Waals surface area contributed by atoms with Crippen molar-refractivity contribution in [3.05, 3.63) is 29.3 Å². The van der Waals surface area contributed by atoms with Crippen molar-refractivity contribution in [3.63, 3.8) is 0 Å². The summed E-state index contributed by atoms with van der Waals surface area (Å²) >= 11 is 0. The first-order valence-corrected chi connectivity index (χ1v) is 7.60. The number of benzene rings is 1. The minimum absolute atomic E-state index is 0.535. The van der Waals surface area contributed by atoms with Crippen molar-refractivity contribution in [1.29, 1.82) is 0 Å². The van der Waals surface area contributed by atoms with Crippen LogP contribution in [0.2, 0.25) is 0 Å². The molecule has 0 bridgehead atoms. The highest BCUT2D eigenvalue weighted by molar-refractivity contribution is 7.85. The molecule has 21 heavy (non-hydrogen) atoms. The molecule has 13 heteroatoms. The van der Waals surface area contributed by atoms with Gasteiger partial charge in [-0.15, -0.1) is 0 Å². The molecule has 0 aromatic heterocycles. The first kappa shape index (κ1) is 19.2. The number of carboxylic acids is 2. The van der Waals surface area contributed by atoms with Crippen molar-refractivity contribution in [3.8, 4) is 0 Å². The summed E-state index contributed by atoms with van der Waals surface area (Å²) in [6.45, 7) is 0. The van der Waals surface area contributed by atoms with E-state index in [-0.39, 0.29) is 0 Å². The van der Waals surface area contributed by atoms with E-state index in [1.54, 1.807) is 0 Å². The number of hydrogen-bond acceptors (Lipinski definition) is 5. The van der Waals surface area contributed by atoms with Crippen molar-refractivity contribution in [1.82, 2.24) is 0 Å². The van der Waals surface area contributed by atoms with Gasteiger partial charge in [-0.1, -0.05) is 0 Å². The Bertz CT molecular complexity index is 660. The molecule has 1 rings (SSSR count). The van der Waals surface area contributed by atoms with Gasteiger partial charge in [-0.05, 0) is 18.2 Å². The fourth-order valence-electron chi connectivity index (χ4n) is 0.995. The lowest BCUT2D eigenvalue weighted by molar-refractivity contribution is 0.0696. The molecule has 0 spiro atoms. The van der Waals surface area contributed by atoms with E-state index in [9.17, 15) is 18.0 Å². The average Bonchev–Trinajstić information content (AvgIpc) is 2.24. The maximum atomic E-state index is 10.8. The smallest absolute Gasteiger partial charge is 0.466 e. The van der Waals surface area contributed by atoms with E-state index in [1.807, 2.05) is 0 Å². The van der Waals surface area contributed by atoms with Crippen LogP contribution < -0.4 is 0 Å². The van der Waals surface area contributed by atoms with Crippen LogP contribution in [0.3, 0.4) is 0 Å². The highest BCUT2D eigenvalue weighted by Crippen LogP contribution is 2.25. The number of phosphoric acid groups is 1. The molecule has 6 N–H and O–H groups in total. The van der Waals surface area contributed by atoms with E-state index >= 15 is 0 Å². The molecule has 0 unspecified atom stereocenters. The second kappa shape index (κ2) is 6.76. The molecule has 1 aromatic carbocycles. The summed E-state index contributed by atoms with van der Waals surface area (Å²) in [6, 6.07) is 2.13. The van der Waals surface area contributed by atoms with Crippen LogP contribution in [0.25, 0.3) is 0 Å². The van der Waals surface area contributed by atoms with Crippen molar-refractivity contribution in [2.75, 3.05) is 0 Å². The Kier molecular flexibility index (Phi) is 6.17. The van der Waals surface area contributed by atoms with Crippen LogP contribution in [0, 0.1) is 0 Å². The quantitative estimate of drug-likeness (QED) is 0.301. The molecular weight excluding hydrogens is 335 g/mol. The van der Waals surface area contributed by atoms with E-state index in [0.717, 1.165) is 6.07 Å². The van der Waals surface area contributed by atoms with Crippen LogP contribution in [-0.2, 0) is 14.7 Å². The largest absolute Gasteiger partial charge is 0.478 e. The summed E-state index contributed by atoms with van der Waals surface area (Å²) in [5.41, 5.74) is -1.07. The topological polar surface area (TPSA) is 207 Å². The Morgan fingerprint density at radius 1 is 0.905 bits per heavy atom. The maximum absolute atomic E-state index is 10.8. The zero-order valence-corrected chi connectivity index (χ0v) is 11.5. The number of carboxylic acid groups (broad SMARTS) is 2. The van der Waals surface area contributed by atoms with Crippen molar-refractivity contribution >= 4 is 29.9 Å². The average molecular weight is 344 g/mol. The van der Waals surface area contributed by atoms with Gasteiger partial charge in [0.05, 0.1) is 16.0 Å². The lowest BCUT2D eigenvalue weighted by Crippen LogP contribution is -2.07. The van der Waals surface area contributed by atoms with E-state index in [1.165, 1.54) is 0 Å². The summed E-state index contributed by atoms with van der Waals surface area (Å²) in [5.74, 6) is -2.99. The molecule has 0 atom stereocenters. The van der Waals surface area contributed by atoms with Crippen molar-refractivity contribution in [2.24, 2.45) is 0 Å². The lowest BCUT2D eigenvalue weighted by Gasteiger charge is -2.02. The van der Waals surface area contributed by atoms with Crippen LogP contribution in [0.4, 0.5) is 0 Å². The number of hydrogen-bond donors (Lipinski definition) is 6. The minimum atomic E-state index is -4.64. The van der Waals surface area contributed by atoms with Crippen LogP contribution in [0.15, 0.2) is 23.1 Å². The molecule has 0 radical (unpaired) electrons. The Labute approximate surface area is 117 Å². The molecule has 11 nitrogen and oxygen atoms in total. The van der Waals surface area contributed by atoms with Crippen LogP contribution in [0.1, 0.15) is 20.7 Å². The van der Waals surface area contributed by atoms with Crippen LogP contribution in [-0.4, -0.2) is 49.8 Å². The number of carbonyl (C=O) groups is 2. The predicted octanol–water partition coefficient (Wildman–Crippen LogP) is -0.599. The van der Waals surface area contributed by atoms with Crippen LogP contribution >= 0.6 is 7.82 Å². The minimum Gasteiger partial charge on any atom is -0.478 e. The molecule has 0 aliphatic rings. The van der Waals surface area contributed by atoms with Gasteiger partial charge in [-0.2, -0.15) is 8.42 Å². The van der Waals surface area contributed by atoms with Gasteiger partial charge in [0.25, 0.3) is 10.1 Å². The second-order valence-corrected chi connectivity index (χ2v) is 5.79. The highest BCUT2D eigenvalue weighted by atomic mass is 32.2. The SMILES string of the molecule is O=C(O)c1cc(C(=O)O)cc(S(=O)(=O)O)c1.O=P(O)(O)O. The fraction of sp³-hybridized carbons (Fsp3) is 0. The second-order valence-electron chi connectivity index (χ2n) is 3.34. The zero-order chi connectivity index (χ0) is 17.0. The van der Waals surface area contributed by atoms with Crippen LogP contribution in [0.5, 0.6) is 0 Å². The molecule has 118 valence electrons. The third-order valence-corrected chi connectivity index (χ3v) is 2.53. The maximum Gasteiger partial charge on any atom is 0.466 e. The van der Waals surface area contributed by atoms with E-state index < -0.39 is 45.9 Å². The zero-order valence-electron chi connectivity index (χ0n) is 9.81. The summed E-state index contributed by atoms with van der Waals surface area (Å²) in [4.78, 5) is 42.0. The molecule has 0 saturated heterocycles. The van der Waals surface area contributed by atoms with E-state index in [0.29, 0.717) is 12.1 Å². The summed E-state index contributed by atoms with van der Waals surface area (Å²) in [6.07, 6.45) is 0. The van der Waals surface area contributed by atoms with Gasteiger partial charge >= 0.3 is 19.8 Å². The third-order valence-electron chi connectivity index (χ3n) is 1.70. The van der Waals surface area contributed by atoms with E-state index in [4.69, 9.17) is 34.0 Å². The fourth-order valence-corrected chi connectivity index (χ4v) is 1.55. The normalized spacial score (nSPS) is 11.2. The Morgan fingerprint density at radius 3 is 1.38 bits per heavy atom. The predicted molar refractivity (Wildman–Crippen MR) is 64.4 cm³/mol. The van der Waals surface area contributed by atoms with Gasteiger partial charge in [0.1, 0.15) is 0 Å². The van der Waals surface area contributed by atoms with Gasteiger partial charge in [-0.25, -0.2) is 14.2 Å². The van der Waals surface area contributed by atoms with Crippen molar-refractivity contribution in [2.45, 2.75) is 4.90 Å². The monoisotopic (exact) mass is 344 g/mol. The highest BCUT2D eigenvalue weighted by Gasteiger charge is 2.17. The van der Waals surface area contributed by atoms with Gasteiger partial charge in [-0.3, -0.25) is 4.55 Å². The molecule has 0 heterocycles. The molecule has 0 fully saturated rings. The first-order valence-electron chi connectivity index (χ1n) is 4.59. The molecule has 1 aromatic rings. The third kappa shape index (κ3) is 8.14. The van der Waals surface area contributed by atoms with E-state index in [2.05, 4.69) is 0 Å². The molecule has 0 aliphatic heterocycles. The Morgan fingerprint density at radius 2 is 1.19 bits per heavy atom.